The maximum atomic E-state index is 12.3. The number of carbonyl (C=O) groups is 1. The van der Waals surface area contributed by atoms with E-state index in [0.717, 1.165) is 12.8 Å². The van der Waals surface area contributed by atoms with Crippen LogP contribution in [0.2, 0.25) is 0 Å². The Morgan fingerprint density at radius 3 is 2.75 bits per heavy atom. The van der Waals surface area contributed by atoms with Crippen LogP contribution in [-0.4, -0.2) is 42.0 Å². The molecule has 0 aliphatic heterocycles. The molecule has 6 nitrogen and oxygen atoms in total. The van der Waals surface area contributed by atoms with Gasteiger partial charge in [0.15, 0.2) is 0 Å². The van der Waals surface area contributed by atoms with Crippen molar-refractivity contribution in [1.82, 2.24) is 15.2 Å². The fourth-order valence-corrected chi connectivity index (χ4v) is 2.86. The Kier molecular flexibility index (Phi) is 4.57. The Bertz CT molecular complexity index is 468. The number of nitrogens with zero attached hydrogens (tertiary/aromatic N) is 2. The topological polar surface area (TPSA) is 83.3 Å². The van der Waals surface area contributed by atoms with Crippen LogP contribution >= 0.6 is 0 Å². The minimum atomic E-state index is -0.140. The predicted molar refractivity (Wildman–Crippen MR) is 79.3 cm³/mol. The second kappa shape index (κ2) is 6.19. The van der Waals surface area contributed by atoms with E-state index in [1.807, 2.05) is 0 Å². The quantitative estimate of drug-likeness (QED) is 0.552. The normalized spacial score (nSPS) is 17.2. The highest BCUT2D eigenvalue weighted by Crippen LogP contribution is 2.33. The number of nitrogen functional groups attached to an aromatic ring is 1. The van der Waals surface area contributed by atoms with Gasteiger partial charge in [0.1, 0.15) is 0 Å². The van der Waals surface area contributed by atoms with Crippen LogP contribution in [0.5, 0.6) is 0 Å². The Balaban J connectivity index is 2.05. The summed E-state index contributed by atoms with van der Waals surface area (Å²) >= 11 is 0. The standard InChI is InChI=1S/C14H23N5O/c1-19(2)14(6-3-4-7-14)10-17-13(20)11-9-16-8-5-12(11)18-15/h5,8-9H,3-4,6-7,10,15H2,1-2H3,(H,16,18)(H,17,20). The summed E-state index contributed by atoms with van der Waals surface area (Å²) in [5.41, 5.74) is 3.66. The molecule has 110 valence electrons. The molecule has 1 heterocycles. The lowest BCUT2D eigenvalue weighted by atomic mass is 9.96. The number of rotatable bonds is 5. The van der Waals surface area contributed by atoms with Crippen LogP contribution in [0.1, 0.15) is 36.0 Å². The number of hydrogen-bond acceptors (Lipinski definition) is 5. The zero-order valence-corrected chi connectivity index (χ0v) is 12.1. The van der Waals surface area contributed by atoms with Crippen LogP contribution in [0.3, 0.4) is 0 Å². The Hall–Kier alpha value is -1.66. The zero-order chi connectivity index (χ0) is 14.6. The maximum Gasteiger partial charge on any atom is 0.255 e. The van der Waals surface area contributed by atoms with Gasteiger partial charge in [0.05, 0.1) is 11.3 Å². The average molecular weight is 277 g/mol. The molecular formula is C14H23N5O. The summed E-state index contributed by atoms with van der Waals surface area (Å²) in [7, 11) is 4.16. The third-order valence-corrected chi connectivity index (χ3v) is 4.28. The molecule has 0 spiro atoms. The summed E-state index contributed by atoms with van der Waals surface area (Å²) in [4.78, 5) is 18.5. The Morgan fingerprint density at radius 2 is 2.15 bits per heavy atom. The van der Waals surface area contributed by atoms with Crippen LogP contribution in [0.25, 0.3) is 0 Å². The fraction of sp³-hybridized carbons (Fsp3) is 0.571. The third-order valence-electron chi connectivity index (χ3n) is 4.28. The van der Waals surface area contributed by atoms with Gasteiger partial charge < -0.3 is 15.6 Å². The summed E-state index contributed by atoms with van der Waals surface area (Å²) < 4.78 is 0. The number of carbonyl (C=O) groups excluding carboxylic acids is 1. The number of nitrogens with two attached hydrogens (primary N) is 1. The first-order valence-corrected chi connectivity index (χ1v) is 6.95. The number of nitrogens with one attached hydrogen (secondary N) is 2. The van der Waals surface area contributed by atoms with Gasteiger partial charge in [-0.15, -0.1) is 0 Å². The van der Waals surface area contributed by atoms with Crippen molar-refractivity contribution in [3.63, 3.8) is 0 Å². The monoisotopic (exact) mass is 277 g/mol. The molecule has 2 rings (SSSR count). The first kappa shape index (κ1) is 14.7. The van der Waals surface area contributed by atoms with E-state index in [2.05, 4.69) is 34.7 Å². The van der Waals surface area contributed by atoms with E-state index in [0.29, 0.717) is 17.8 Å². The summed E-state index contributed by atoms with van der Waals surface area (Å²) in [5, 5.41) is 3.02. The second-order valence-electron chi connectivity index (χ2n) is 5.57. The minimum absolute atomic E-state index is 0.0776. The molecule has 0 bridgehead atoms. The van der Waals surface area contributed by atoms with Gasteiger partial charge in [-0.2, -0.15) is 0 Å². The molecule has 1 aliphatic carbocycles. The highest BCUT2D eigenvalue weighted by molar-refractivity contribution is 5.99. The van der Waals surface area contributed by atoms with Gasteiger partial charge in [-0.25, -0.2) is 0 Å². The smallest absolute Gasteiger partial charge is 0.255 e. The summed E-state index contributed by atoms with van der Waals surface area (Å²) in [6.07, 6.45) is 7.81. The van der Waals surface area contributed by atoms with Gasteiger partial charge in [0.2, 0.25) is 0 Å². The van der Waals surface area contributed by atoms with Crippen molar-refractivity contribution in [1.29, 1.82) is 0 Å². The number of pyridine rings is 1. The van der Waals surface area contributed by atoms with E-state index < -0.39 is 0 Å². The first-order valence-electron chi connectivity index (χ1n) is 6.95. The highest BCUT2D eigenvalue weighted by Gasteiger charge is 2.36. The van der Waals surface area contributed by atoms with Crippen molar-refractivity contribution < 1.29 is 4.79 Å². The lowest BCUT2D eigenvalue weighted by Crippen LogP contribution is -2.50. The lowest BCUT2D eigenvalue weighted by molar-refractivity contribution is 0.0900. The summed E-state index contributed by atoms with van der Waals surface area (Å²) in [5.74, 6) is 5.28. The van der Waals surface area contributed by atoms with E-state index in [4.69, 9.17) is 5.84 Å². The van der Waals surface area contributed by atoms with Crippen LogP contribution < -0.4 is 16.6 Å². The third kappa shape index (κ3) is 2.91. The van der Waals surface area contributed by atoms with Crippen molar-refractivity contribution in [2.75, 3.05) is 26.1 Å². The van der Waals surface area contributed by atoms with Gasteiger partial charge >= 0.3 is 0 Å². The van der Waals surface area contributed by atoms with Gasteiger partial charge in [0, 0.05) is 24.5 Å². The van der Waals surface area contributed by atoms with E-state index in [-0.39, 0.29) is 11.4 Å². The number of hydrogen-bond donors (Lipinski definition) is 3. The molecular weight excluding hydrogens is 254 g/mol. The largest absolute Gasteiger partial charge is 0.350 e. The van der Waals surface area contributed by atoms with Crippen LogP contribution in [0.15, 0.2) is 18.5 Å². The molecule has 1 aromatic rings. The molecule has 0 radical (unpaired) electrons. The predicted octanol–water partition coefficient (Wildman–Crippen LogP) is 0.971. The SMILES string of the molecule is CN(C)C1(CNC(=O)c2cnccc2NN)CCCC1. The number of aromatic nitrogens is 1. The van der Waals surface area contributed by atoms with Crippen molar-refractivity contribution in [3.8, 4) is 0 Å². The molecule has 20 heavy (non-hydrogen) atoms. The molecule has 1 fully saturated rings. The van der Waals surface area contributed by atoms with E-state index in [1.165, 1.54) is 19.0 Å². The van der Waals surface area contributed by atoms with Crippen LogP contribution in [0, 0.1) is 0 Å². The number of hydrazine groups is 1. The summed E-state index contributed by atoms with van der Waals surface area (Å²) in [6, 6.07) is 1.69. The van der Waals surface area contributed by atoms with Gasteiger partial charge in [0.25, 0.3) is 5.91 Å². The zero-order valence-electron chi connectivity index (χ0n) is 12.1. The van der Waals surface area contributed by atoms with E-state index in [1.54, 1.807) is 12.3 Å². The Labute approximate surface area is 119 Å². The van der Waals surface area contributed by atoms with Crippen molar-refractivity contribution >= 4 is 11.6 Å². The van der Waals surface area contributed by atoms with E-state index >= 15 is 0 Å². The minimum Gasteiger partial charge on any atom is -0.350 e. The molecule has 0 atom stereocenters. The van der Waals surface area contributed by atoms with E-state index in [9.17, 15) is 4.79 Å². The number of likely N-dealkylation sites (N-methyl/N-ethyl adjacent to an activating group) is 1. The highest BCUT2D eigenvalue weighted by atomic mass is 16.1. The van der Waals surface area contributed by atoms with Gasteiger partial charge in [-0.1, -0.05) is 12.8 Å². The molecule has 0 unspecified atom stereocenters. The molecule has 0 saturated heterocycles. The molecule has 1 amide bonds. The Morgan fingerprint density at radius 1 is 1.45 bits per heavy atom. The van der Waals surface area contributed by atoms with Crippen molar-refractivity contribution in [2.45, 2.75) is 31.2 Å². The molecule has 1 aromatic heterocycles. The molecule has 6 heteroatoms. The molecule has 1 saturated carbocycles. The molecule has 4 N–H and O–H groups in total. The molecule has 1 aliphatic rings. The van der Waals surface area contributed by atoms with Crippen LogP contribution in [0.4, 0.5) is 5.69 Å². The molecule has 0 aromatic carbocycles. The van der Waals surface area contributed by atoms with Gasteiger partial charge in [-0.05, 0) is 33.0 Å². The fourth-order valence-electron chi connectivity index (χ4n) is 2.86. The lowest BCUT2D eigenvalue weighted by Gasteiger charge is -2.36. The average Bonchev–Trinajstić information content (AvgIpc) is 2.95. The first-order chi connectivity index (χ1) is 9.59. The second-order valence-corrected chi connectivity index (χ2v) is 5.57. The number of anilines is 1. The van der Waals surface area contributed by atoms with Crippen molar-refractivity contribution in [2.24, 2.45) is 5.84 Å². The van der Waals surface area contributed by atoms with Crippen molar-refractivity contribution in [3.05, 3.63) is 24.0 Å². The maximum absolute atomic E-state index is 12.3. The van der Waals surface area contributed by atoms with Crippen LogP contribution in [-0.2, 0) is 0 Å². The summed E-state index contributed by atoms with van der Waals surface area (Å²) in [6.45, 7) is 0.651. The number of amides is 1. The van der Waals surface area contributed by atoms with Gasteiger partial charge in [-0.3, -0.25) is 15.6 Å².